The SMILES string of the molecule is C=CCNC(=O)NCCc1cc(O)c(O)cc1C. The fraction of sp³-hybridized carbons (Fsp3) is 0.308. The van der Waals surface area contributed by atoms with E-state index in [1.165, 1.54) is 12.1 Å². The van der Waals surface area contributed by atoms with Crippen LogP contribution in [0.25, 0.3) is 0 Å². The van der Waals surface area contributed by atoms with Crippen molar-refractivity contribution in [2.75, 3.05) is 13.1 Å². The van der Waals surface area contributed by atoms with Crippen LogP contribution in [-0.2, 0) is 6.42 Å². The second-order valence-electron chi connectivity index (χ2n) is 3.94. The van der Waals surface area contributed by atoms with Gasteiger partial charge in [0.15, 0.2) is 11.5 Å². The molecule has 0 saturated carbocycles. The summed E-state index contributed by atoms with van der Waals surface area (Å²) in [6, 6.07) is 2.76. The molecule has 1 rings (SSSR count). The second-order valence-corrected chi connectivity index (χ2v) is 3.94. The zero-order valence-electron chi connectivity index (χ0n) is 10.4. The van der Waals surface area contributed by atoms with Gasteiger partial charge in [0.05, 0.1) is 0 Å². The summed E-state index contributed by atoms with van der Waals surface area (Å²) in [5.41, 5.74) is 1.76. The first-order valence-corrected chi connectivity index (χ1v) is 5.68. The number of hydrogen-bond acceptors (Lipinski definition) is 3. The van der Waals surface area contributed by atoms with Gasteiger partial charge in [-0.3, -0.25) is 0 Å². The van der Waals surface area contributed by atoms with Crippen LogP contribution in [0, 0.1) is 6.92 Å². The predicted octanol–water partition coefficient (Wildman–Crippen LogP) is 1.43. The van der Waals surface area contributed by atoms with Gasteiger partial charge in [0, 0.05) is 13.1 Å². The first-order chi connectivity index (χ1) is 8.54. The van der Waals surface area contributed by atoms with Gasteiger partial charge in [-0.1, -0.05) is 6.08 Å². The van der Waals surface area contributed by atoms with Crippen LogP contribution in [0.2, 0.25) is 0 Å². The number of phenols is 2. The molecule has 0 spiro atoms. The summed E-state index contributed by atoms with van der Waals surface area (Å²) in [6.45, 7) is 6.21. The van der Waals surface area contributed by atoms with Crippen molar-refractivity contribution in [1.29, 1.82) is 0 Å². The molecule has 0 bridgehead atoms. The van der Waals surface area contributed by atoms with Gasteiger partial charge < -0.3 is 20.8 Å². The Morgan fingerprint density at radius 3 is 2.67 bits per heavy atom. The molecule has 5 heteroatoms. The van der Waals surface area contributed by atoms with E-state index in [1.54, 1.807) is 6.08 Å². The van der Waals surface area contributed by atoms with E-state index < -0.39 is 0 Å². The molecule has 18 heavy (non-hydrogen) atoms. The van der Waals surface area contributed by atoms with E-state index in [-0.39, 0.29) is 17.5 Å². The molecule has 2 amide bonds. The van der Waals surface area contributed by atoms with E-state index >= 15 is 0 Å². The molecule has 1 aromatic carbocycles. The number of hydrogen-bond donors (Lipinski definition) is 4. The van der Waals surface area contributed by atoms with Crippen LogP contribution in [0.15, 0.2) is 24.8 Å². The Hall–Kier alpha value is -2.17. The number of phenolic OH excluding ortho intramolecular Hbond substituents is 2. The van der Waals surface area contributed by atoms with Crippen molar-refractivity contribution in [3.05, 3.63) is 35.9 Å². The lowest BCUT2D eigenvalue weighted by Gasteiger charge is -2.09. The summed E-state index contributed by atoms with van der Waals surface area (Å²) >= 11 is 0. The number of urea groups is 1. The highest BCUT2D eigenvalue weighted by atomic mass is 16.3. The molecule has 0 fully saturated rings. The average molecular weight is 250 g/mol. The standard InChI is InChI=1S/C13H18N2O3/c1-3-5-14-13(18)15-6-4-10-8-12(17)11(16)7-9(10)2/h3,7-8,16-17H,1,4-6H2,2H3,(H2,14,15,18). The molecule has 0 aromatic heterocycles. The predicted molar refractivity (Wildman–Crippen MR) is 69.8 cm³/mol. The van der Waals surface area contributed by atoms with Crippen molar-refractivity contribution in [3.63, 3.8) is 0 Å². The smallest absolute Gasteiger partial charge is 0.315 e. The Morgan fingerprint density at radius 2 is 2.00 bits per heavy atom. The van der Waals surface area contributed by atoms with E-state index in [9.17, 15) is 15.0 Å². The number of benzene rings is 1. The summed E-state index contributed by atoms with van der Waals surface area (Å²) in [6.07, 6.45) is 2.18. The Labute approximate surface area is 106 Å². The molecule has 0 radical (unpaired) electrons. The number of aryl methyl sites for hydroxylation is 1. The van der Waals surface area contributed by atoms with Crippen LogP contribution in [0.1, 0.15) is 11.1 Å². The normalized spacial score (nSPS) is 9.83. The van der Waals surface area contributed by atoms with E-state index in [0.717, 1.165) is 11.1 Å². The molecule has 0 heterocycles. The number of nitrogens with one attached hydrogen (secondary N) is 2. The summed E-state index contributed by atoms with van der Waals surface area (Å²) in [5.74, 6) is -0.278. The lowest BCUT2D eigenvalue weighted by atomic mass is 10.0. The lowest BCUT2D eigenvalue weighted by molar-refractivity contribution is 0.242. The maximum atomic E-state index is 11.2. The van der Waals surface area contributed by atoms with E-state index in [0.29, 0.717) is 19.5 Å². The minimum atomic E-state index is -0.254. The van der Waals surface area contributed by atoms with Crippen LogP contribution in [-0.4, -0.2) is 29.3 Å². The quantitative estimate of drug-likeness (QED) is 0.471. The van der Waals surface area contributed by atoms with Crippen molar-refractivity contribution >= 4 is 6.03 Å². The molecular formula is C13H18N2O3. The zero-order valence-corrected chi connectivity index (χ0v) is 10.4. The topological polar surface area (TPSA) is 81.6 Å². The third-order valence-electron chi connectivity index (χ3n) is 2.52. The van der Waals surface area contributed by atoms with Crippen LogP contribution < -0.4 is 10.6 Å². The summed E-state index contributed by atoms with van der Waals surface area (Å²) in [7, 11) is 0. The first kappa shape index (κ1) is 13.9. The van der Waals surface area contributed by atoms with Gasteiger partial charge in [0.1, 0.15) is 0 Å². The Bertz CT molecular complexity index is 444. The minimum Gasteiger partial charge on any atom is -0.504 e. The molecule has 0 unspecified atom stereocenters. The van der Waals surface area contributed by atoms with Crippen molar-refractivity contribution in [1.82, 2.24) is 10.6 Å². The lowest BCUT2D eigenvalue weighted by Crippen LogP contribution is -2.36. The fourth-order valence-electron chi connectivity index (χ4n) is 1.53. The van der Waals surface area contributed by atoms with Crippen molar-refractivity contribution in [2.24, 2.45) is 0 Å². The Kier molecular flexibility index (Phi) is 5.05. The Morgan fingerprint density at radius 1 is 1.33 bits per heavy atom. The van der Waals surface area contributed by atoms with Gasteiger partial charge in [-0.15, -0.1) is 6.58 Å². The highest BCUT2D eigenvalue weighted by Crippen LogP contribution is 2.27. The highest BCUT2D eigenvalue weighted by Gasteiger charge is 2.06. The van der Waals surface area contributed by atoms with E-state index in [2.05, 4.69) is 17.2 Å². The molecule has 0 aliphatic rings. The maximum absolute atomic E-state index is 11.2. The minimum absolute atomic E-state index is 0.132. The third-order valence-corrected chi connectivity index (χ3v) is 2.52. The molecule has 0 aliphatic carbocycles. The van der Waals surface area contributed by atoms with E-state index in [1.807, 2.05) is 6.92 Å². The van der Waals surface area contributed by atoms with Crippen LogP contribution in [0.4, 0.5) is 4.79 Å². The summed E-state index contributed by atoms with van der Waals surface area (Å²) < 4.78 is 0. The molecular weight excluding hydrogens is 232 g/mol. The largest absolute Gasteiger partial charge is 0.504 e. The Balaban J connectivity index is 2.46. The van der Waals surface area contributed by atoms with E-state index in [4.69, 9.17) is 0 Å². The van der Waals surface area contributed by atoms with Crippen molar-refractivity contribution < 1.29 is 15.0 Å². The van der Waals surface area contributed by atoms with Crippen LogP contribution in [0.5, 0.6) is 11.5 Å². The first-order valence-electron chi connectivity index (χ1n) is 5.68. The summed E-state index contributed by atoms with van der Waals surface area (Å²) in [4.78, 5) is 11.2. The van der Waals surface area contributed by atoms with Gasteiger partial charge >= 0.3 is 6.03 Å². The average Bonchev–Trinajstić information content (AvgIpc) is 2.33. The van der Waals surface area contributed by atoms with Gasteiger partial charge in [-0.05, 0) is 36.6 Å². The molecule has 0 saturated heterocycles. The van der Waals surface area contributed by atoms with Gasteiger partial charge in [-0.2, -0.15) is 0 Å². The number of carbonyl (C=O) groups is 1. The molecule has 0 atom stereocenters. The monoisotopic (exact) mass is 250 g/mol. The van der Waals surface area contributed by atoms with Gasteiger partial charge in [0.25, 0.3) is 0 Å². The zero-order chi connectivity index (χ0) is 13.5. The third kappa shape index (κ3) is 4.01. The highest BCUT2D eigenvalue weighted by molar-refractivity contribution is 5.73. The molecule has 1 aromatic rings. The number of amides is 2. The van der Waals surface area contributed by atoms with Gasteiger partial charge in [-0.25, -0.2) is 4.79 Å². The van der Waals surface area contributed by atoms with Crippen LogP contribution >= 0.6 is 0 Å². The molecule has 0 aliphatic heterocycles. The summed E-state index contributed by atoms with van der Waals surface area (Å²) in [5, 5.41) is 24.0. The maximum Gasteiger partial charge on any atom is 0.315 e. The molecule has 98 valence electrons. The molecule has 5 nitrogen and oxygen atoms in total. The van der Waals surface area contributed by atoms with Crippen molar-refractivity contribution in [3.8, 4) is 11.5 Å². The fourth-order valence-corrected chi connectivity index (χ4v) is 1.53. The number of rotatable bonds is 5. The number of aromatic hydroxyl groups is 2. The van der Waals surface area contributed by atoms with Gasteiger partial charge in [0.2, 0.25) is 0 Å². The second kappa shape index (κ2) is 6.54. The van der Waals surface area contributed by atoms with Crippen LogP contribution in [0.3, 0.4) is 0 Å². The molecule has 4 N–H and O–H groups in total. The number of carbonyl (C=O) groups excluding carboxylic acids is 1. The van der Waals surface area contributed by atoms with Crippen molar-refractivity contribution in [2.45, 2.75) is 13.3 Å².